The van der Waals surface area contributed by atoms with Crippen LogP contribution in [0.25, 0.3) is 0 Å². The summed E-state index contributed by atoms with van der Waals surface area (Å²) in [7, 11) is 0. The zero-order valence-electron chi connectivity index (χ0n) is 14.5. The van der Waals surface area contributed by atoms with Crippen molar-refractivity contribution in [3.63, 3.8) is 0 Å². The quantitative estimate of drug-likeness (QED) is 0.450. The predicted molar refractivity (Wildman–Crippen MR) is 110 cm³/mol. The first-order valence-corrected chi connectivity index (χ1v) is 9.06. The summed E-state index contributed by atoms with van der Waals surface area (Å²) in [5.41, 5.74) is 4.37. The van der Waals surface area contributed by atoms with Crippen LogP contribution in [0.1, 0.15) is 26.3 Å². The second kappa shape index (κ2) is 9.05. The molecule has 3 aromatic rings. The number of carbonyl (C=O) groups excluding carboxylic acids is 2. The van der Waals surface area contributed by atoms with Crippen LogP contribution in [0.5, 0.6) is 0 Å². The van der Waals surface area contributed by atoms with E-state index in [1.807, 2.05) is 24.3 Å². The van der Waals surface area contributed by atoms with Crippen LogP contribution in [-0.2, 0) is 0 Å². The number of carbonyl (C=O) groups is 2. The molecule has 0 saturated carbocycles. The van der Waals surface area contributed by atoms with Gasteiger partial charge in [-0.2, -0.15) is 5.10 Å². The minimum Gasteiger partial charge on any atom is -0.322 e. The van der Waals surface area contributed by atoms with Crippen LogP contribution in [-0.4, -0.2) is 18.0 Å². The molecule has 0 unspecified atom stereocenters. The molecule has 0 aromatic heterocycles. The minimum atomic E-state index is -0.418. The lowest BCUT2D eigenvalue weighted by Gasteiger charge is -2.07. The van der Waals surface area contributed by atoms with E-state index >= 15 is 0 Å². The highest BCUT2D eigenvalue weighted by atomic mass is 79.9. The summed E-state index contributed by atoms with van der Waals surface area (Å²) in [5, 5.41) is 6.61. The van der Waals surface area contributed by atoms with Gasteiger partial charge in [-0.15, -0.1) is 0 Å². The van der Waals surface area contributed by atoms with Crippen LogP contribution in [0.3, 0.4) is 0 Å². The molecule has 0 heterocycles. The number of hydrazone groups is 1. The summed E-state index contributed by atoms with van der Waals surface area (Å²) in [6, 6.07) is 19.1. The van der Waals surface area contributed by atoms with Gasteiger partial charge in [-0.3, -0.25) is 9.59 Å². The normalized spacial score (nSPS) is 10.6. The summed E-state index contributed by atoms with van der Waals surface area (Å²) in [6.45, 7) is 0. The molecule has 28 heavy (non-hydrogen) atoms. The van der Waals surface area contributed by atoms with Gasteiger partial charge in [0.2, 0.25) is 0 Å². The lowest BCUT2D eigenvalue weighted by atomic mass is 10.1. The predicted octanol–water partition coefficient (Wildman–Crippen LogP) is 4.60. The molecule has 5 nitrogen and oxygen atoms in total. The Morgan fingerprint density at radius 2 is 1.64 bits per heavy atom. The van der Waals surface area contributed by atoms with Gasteiger partial charge >= 0.3 is 0 Å². The van der Waals surface area contributed by atoms with E-state index in [-0.39, 0.29) is 0 Å². The maximum absolute atomic E-state index is 13.0. The molecule has 140 valence electrons. The Bertz CT molecular complexity index is 1040. The molecule has 0 radical (unpaired) electrons. The zero-order chi connectivity index (χ0) is 19.9. The Kier molecular flexibility index (Phi) is 6.29. The molecule has 3 aromatic carbocycles. The van der Waals surface area contributed by atoms with Gasteiger partial charge in [0.15, 0.2) is 0 Å². The Morgan fingerprint density at radius 3 is 2.39 bits per heavy atom. The molecule has 0 aliphatic carbocycles. The first-order valence-electron chi connectivity index (χ1n) is 8.27. The van der Waals surface area contributed by atoms with Crippen molar-refractivity contribution in [3.05, 3.63) is 99.8 Å². The topological polar surface area (TPSA) is 70.6 Å². The first-order chi connectivity index (χ1) is 13.5. The van der Waals surface area contributed by atoms with Gasteiger partial charge in [0.1, 0.15) is 5.82 Å². The largest absolute Gasteiger partial charge is 0.322 e. The standard InChI is InChI=1S/C21H15BrFN3O2/c22-17-5-1-3-14(11-17)13-24-26-21(28)16-4-2-6-19(12-16)25-20(27)15-7-9-18(23)10-8-15/h1-13H,(H,25,27)(H,26,28)/b24-13-. The second-order valence-corrected chi connectivity index (χ2v) is 6.71. The first kappa shape index (κ1) is 19.4. The van der Waals surface area contributed by atoms with E-state index in [1.165, 1.54) is 36.5 Å². The Hall–Kier alpha value is -3.32. The van der Waals surface area contributed by atoms with Crippen molar-refractivity contribution in [2.24, 2.45) is 5.10 Å². The van der Waals surface area contributed by atoms with E-state index in [0.717, 1.165) is 10.0 Å². The molecular formula is C21H15BrFN3O2. The number of halogens is 2. The fraction of sp³-hybridized carbons (Fsp3) is 0. The average molecular weight is 440 g/mol. The van der Waals surface area contributed by atoms with E-state index in [2.05, 4.69) is 31.8 Å². The maximum atomic E-state index is 13.0. The molecule has 0 spiro atoms. The smallest absolute Gasteiger partial charge is 0.271 e. The Labute approximate surface area is 169 Å². The fourth-order valence-corrected chi connectivity index (χ4v) is 2.78. The number of anilines is 1. The van der Waals surface area contributed by atoms with Crippen molar-refractivity contribution in [3.8, 4) is 0 Å². The van der Waals surface area contributed by atoms with Gasteiger partial charge in [0, 0.05) is 21.3 Å². The SMILES string of the molecule is O=C(N/N=C\c1cccc(Br)c1)c1cccc(NC(=O)c2ccc(F)cc2)c1. The minimum absolute atomic E-state index is 0.315. The third-order valence-electron chi connectivity index (χ3n) is 3.72. The third-order valence-corrected chi connectivity index (χ3v) is 4.21. The molecule has 2 N–H and O–H groups in total. The van der Waals surface area contributed by atoms with Crippen LogP contribution >= 0.6 is 15.9 Å². The van der Waals surface area contributed by atoms with Gasteiger partial charge < -0.3 is 5.32 Å². The Balaban J connectivity index is 1.64. The summed E-state index contributed by atoms with van der Waals surface area (Å²) in [6.07, 6.45) is 1.53. The van der Waals surface area contributed by atoms with Crippen molar-refractivity contribution in [1.29, 1.82) is 0 Å². The number of rotatable bonds is 5. The summed E-state index contributed by atoms with van der Waals surface area (Å²) >= 11 is 3.37. The van der Waals surface area contributed by atoms with Gasteiger partial charge in [-0.1, -0.05) is 34.1 Å². The second-order valence-electron chi connectivity index (χ2n) is 5.80. The van der Waals surface area contributed by atoms with Crippen LogP contribution < -0.4 is 10.7 Å². The molecular weight excluding hydrogens is 425 g/mol. The van der Waals surface area contributed by atoms with E-state index < -0.39 is 17.6 Å². The number of benzene rings is 3. The monoisotopic (exact) mass is 439 g/mol. The molecule has 7 heteroatoms. The van der Waals surface area contributed by atoms with Crippen molar-refractivity contribution >= 4 is 39.6 Å². The van der Waals surface area contributed by atoms with Crippen molar-refractivity contribution in [1.82, 2.24) is 5.43 Å². The van der Waals surface area contributed by atoms with Crippen LogP contribution in [0.4, 0.5) is 10.1 Å². The summed E-state index contributed by atoms with van der Waals surface area (Å²) in [5.74, 6) is -1.23. The molecule has 2 amide bonds. The van der Waals surface area contributed by atoms with E-state index in [4.69, 9.17) is 0 Å². The maximum Gasteiger partial charge on any atom is 0.271 e. The number of nitrogens with one attached hydrogen (secondary N) is 2. The van der Waals surface area contributed by atoms with Gasteiger partial charge in [0.05, 0.1) is 6.21 Å². The highest BCUT2D eigenvalue weighted by molar-refractivity contribution is 9.10. The van der Waals surface area contributed by atoms with Gasteiger partial charge in [0.25, 0.3) is 11.8 Å². The number of amides is 2. The molecule has 0 atom stereocenters. The van der Waals surface area contributed by atoms with Crippen LogP contribution in [0.2, 0.25) is 0 Å². The van der Waals surface area contributed by atoms with Crippen molar-refractivity contribution < 1.29 is 14.0 Å². The van der Waals surface area contributed by atoms with Crippen LogP contribution in [0.15, 0.2) is 82.4 Å². The fourth-order valence-electron chi connectivity index (χ4n) is 2.36. The molecule has 0 saturated heterocycles. The number of hydrogen-bond donors (Lipinski definition) is 2. The van der Waals surface area contributed by atoms with E-state index in [1.54, 1.807) is 18.2 Å². The Morgan fingerprint density at radius 1 is 0.893 bits per heavy atom. The molecule has 3 rings (SSSR count). The van der Waals surface area contributed by atoms with E-state index in [9.17, 15) is 14.0 Å². The van der Waals surface area contributed by atoms with Crippen molar-refractivity contribution in [2.75, 3.05) is 5.32 Å². The summed E-state index contributed by atoms with van der Waals surface area (Å²) < 4.78 is 13.9. The van der Waals surface area contributed by atoms with Crippen LogP contribution in [0, 0.1) is 5.82 Å². The van der Waals surface area contributed by atoms with Gasteiger partial charge in [-0.25, -0.2) is 9.82 Å². The molecule has 0 aliphatic rings. The lowest BCUT2D eigenvalue weighted by molar-refractivity contribution is 0.0953. The third kappa shape index (κ3) is 5.34. The number of nitrogens with zero attached hydrogens (tertiary/aromatic N) is 1. The van der Waals surface area contributed by atoms with Crippen molar-refractivity contribution in [2.45, 2.75) is 0 Å². The summed E-state index contributed by atoms with van der Waals surface area (Å²) in [4.78, 5) is 24.5. The molecule has 0 bridgehead atoms. The lowest BCUT2D eigenvalue weighted by Crippen LogP contribution is -2.18. The zero-order valence-corrected chi connectivity index (χ0v) is 16.1. The molecule has 0 fully saturated rings. The van der Waals surface area contributed by atoms with Gasteiger partial charge in [-0.05, 0) is 60.2 Å². The number of hydrogen-bond acceptors (Lipinski definition) is 3. The highest BCUT2D eigenvalue weighted by Gasteiger charge is 2.09. The van der Waals surface area contributed by atoms with E-state index in [0.29, 0.717) is 16.8 Å². The molecule has 0 aliphatic heterocycles. The average Bonchev–Trinajstić information content (AvgIpc) is 2.68. The highest BCUT2D eigenvalue weighted by Crippen LogP contribution is 2.13.